The van der Waals surface area contributed by atoms with E-state index in [1.807, 2.05) is 80.4 Å². The van der Waals surface area contributed by atoms with Gasteiger partial charge in [0.15, 0.2) is 0 Å². The number of benzene rings is 2. The largest absolute Gasteiger partial charge is 0.491 e. The standard InChI is InChI=1S/C28H36N2O3/c1-5-6-7-8-9-13-20-30-27(31)25(22-16-18-24(19-17-22)33-21(2)3)26(28(30)32)29(4)23-14-11-10-12-15-23/h10-12,14-19,21H,5-9,13,20H2,1-4H3. The second-order valence-corrected chi connectivity index (χ2v) is 8.84. The van der Waals surface area contributed by atoms with Crippen LogP contribution in [0.3, 0.4) is 0 Å². The first-order valence-corrected chi connectivity index (χ1v) is 12.1. The van der Waals surface area contributed by atoms with E-state index in [-0.39, 0.29) is 17.9 Å². The Balaban J connectivity index is 1.87. The molecule has 0 bridgehead atoms. The highest BCUT2D eigenvalue weighted by atomic mass is 16.5. The maximum absolute atomic E-state index is 13.5. The normalized spacial score (nSPS) is 13.9. The maximum Gasteiger partial charge on any atom is 0.278 e. The first-order chi connectivity index (χ1) is 15.9. The van der Waals surface area contributed by atoms with E-state index in [0.29, 0.717) is 17.8 Å². The highest BCUT2D eigenvalue weighted by Gasteiger charge is 2.40. The molecule has 0 saturated heterocycles. The molecular weight excluding hydrogens is 412 g/mol. The molecule has 176 valence electrons. The van der Waals surface area contributed by atoms with Crippen molar-refractivity contribution in [2.24, 2.45) is 0 Å². The summed E-state index contributed by atoms with van der Waals surface area (Å²) in [5.74, 6) is 0.300. The van der Waals surface area contributed by atoms with Gasteiger partial charge in [0.2, 0.25) is 0 Å². The van der Waals surface area contributed by atoms with Crippen molar-refractivity contribution in [1.82, 2.24) is 4.90 Å². The van der Waals surface area contributed by atoms with Gasteiger partial charge in [-0.1, -0.05) is 69.4 Å². The van der Waals surface area contributed by atoms with Gasteiger partial charge >= 0.3 is 0 Å². The number of nitrogens with zero attached hydrogens (tertiary/aromatic N) is 2. The highest BCUT2D eigenvalue weighted by Crippen LogP contribution is 2.34. The van der Waals surface area contributed by atoms with E-state index in [4.69, 9.17) is 4.74 Å². The van der Waals surface area contributed by atoms with Crippen molar-refractivity contribution in [2.75, 3.05) is 18.5 Å². The van der Waals surface area contributed by atoms with Gasteiger partial charge in [-0.05, 0) is 50.1 Å². The van der Waals surface area contributed by atoms with E-state index < -0.39 is 0 Å². The molecular formula is C28H36N2O3. The van der Waals surface area contributed by atoms with Crippen LogP contribution in [0, 0.1) is 0 Å². The van der Waals surface area contributed by atoms with Gasteiger partial charge in [0, 0.05) is 19.3 Å². The van der Waals surface area contributed by atoms with E-state index >= 15 is 0 Å². The second-order valence-electron chi connectivity index (χ2n) is 8.84. The van der Waals surface area contributed by atoms with Gasteiger partial charge in [0.1, 0.15) is 11.4 Å². The van der Waals surface area contributed by atoms with Gasteiger partial charge in [0.05, 0.1) is 11.7 Å². The number of rotatable bonds is 12. The fourth-order valence-electron chi connectivity index (χ4n) is 4.14. The predicted molar refractivity (Wildman–Crippen MR) is 134 cm³/mol. The molecule has 3 rings (SSSR count). The number of likely N-dealkylation sites (N-methyl/N-ethyl adjacent to an activating group) is 1. The molecule has 0 aromatic heterocycles. The van der Waals surface area contributed by atoms with Crippen molar-refractivity contribution in [1.29, 1.82) is 0 Å². The summed E-state index contributed by atoms with van der Waals surface area (Å²) in [6.07, 6.45) is 6.70. The van der Waals surface area contributed by atoms with Crippen LogP contribution in [0.4, 0.5) is 5.69 Å². The summed E-state index contributed by atoms with van der Waals surface area (Å²) in [5, 5.41) is 0. The van der Waals surface area contributed by atoms with Gasteiger partial charge in [-0.25, -0.2) is 0 Å². The number of ether oxygens (including phenoxy) is 1. The van der Waals surface area contributed by atoms with E-state index in [2.05, 4.69) is 6.92 Å². The smallest absolute Gasteiger partial charge is 0.278 e. The third-order valence-electron chi connectivity index (χ3n) is 5.87. The number of hydrogen-bond donors (Lipinski definition) is 0. The summed E-state index contributed by atoms with van der Waals surface area (Å²) >= 11 is 0. The van der Waals surface area contributed by atoms with Crippen LogP contribution in [-0.4, -0.2) is 36.4 Å². The molecule has 1 heterocycles. The van der Waals surface area contributed by atoms with Crippen molar-refractivity contribution in [3.63, 3.8) is 0 Å². The molecule has 5 heteroatoms. The molecule has 33 heavy (non-hydrogen) atoms. The Bertz CT molecular complexity index is 964. The number of imide groups is 1. The van der Waals surface area contributed by atoms with E-state index in [1.165, 1.54) is 24.2 Å². The molecule has 1 aliphatic rings. The molecule has 5 nitrogen and oxygen atoms in total. The number of carbonyl (C=O) groups is 2. The zero-order valence-corrected chi connectivity index (χ0v) is 20.3. The van der Waals surface area contributed by atoms with Crippen molar-refractivity contribution in [3.05, 3.63) is 65.9 Å². The first kappa shape index (κ1) is 24.6. The first-order valence-electron chi connectivity index (χ1n) is 12.1. The van der Waals surface area contributed by atoms with E-state index in [0.717, 1.165) is 36.3 Å². The lowest BCUT2D eigenvalue weighted by molar-refractivity contribution is -0.136. The van der Waals surface area contributed by atoms with Gasteiger partial charge in [-0.2, -0.15) is 0 Å². The van der Waals surface area contributed by atoms with Crippen LogP contribution in [0.15, 0.2) is 60.3 Å². The predicted octanol–water partition coefficient (Wildman–Crippen LogP) is 6.05. The average molecular weight is 449 g/mol. The quantitative estimate of drug-likeness (QED) is 0.293. The zero-order valence-electron chi connectivity index (χ0n) is 20.3. The number of anilines is 1. The van der Waals surface area contributed by atoms with E-state index in [9.17, 15) is 9.59 Å². The van der Waals surface area contributed by atoms with Gasteiger partial charge in [0.25, 0.3) is 11.8 Å². The average Bonchev–Trinajstić information content (AvgIpc) is 3.06. The van der Waals surface area contributed by atoms with Gasteiger partial charge in [-0.15, -0.1) is 0 Å². The van der Waals surface area contributed by atoms with Crippen molar-refractivity contribution in [3.8, 4) is 5.75 Å². The minimum absolute atomic E-state index is 0.0670. The zero-order chi connectivity index (χ0) is 23.8. The Hall–Kier alpha value is -3.08. The summed E-state index contributed by atoms with van der Waals surface area (Å²) in [5.41, 5.74) is 2.48. The van der Waals surface area contributed by atoms with E-state index in [1.54, 1.807) is 0 Å². The molecule has 0 saturated carbocycles. The fraction of sp³-hybridized carbons (Fsp3) is 0.429. The SMILES string of the molecule is CCCCCCCCN1C(=O)C(c2ccc(OC(C)C)cc2)=C(N(C)c2ccccc2)C1=O. The summed E-state index contributed by atoms with van der Waals surface area (Å²) in [6.45, 7) is 6.60. The van der Waals surface area contributed by atoms with Crippen molar-refractivity contribution >= 4 is 23.1 Å². The maximum atomic E-state index is 13.5. The Morgan fingerprint density at radius 3 is 2.12 bits per heavy atom. The lowest BCUT2D eigenvalue weighted by Crippen LogP contribution is -2.35. The van der Waals surface area contributed by atoms with Crippen LogP contribution >= 0.6 is 0 Å². The Morgan fingerprint density at radius 1 is 0.848 bits per heavy atom. The molecule has 0 aliphatic carbocycles. The minimum atomic E-state index is -0.225. The number of carbonyl (C=O) groups excluding carboxylic acids is 2. The third kappa shape index (κ3) is 6.04. The number of unbranched alkanes of at least 4 members (excludes halogenated alkanes) is 5. The lowest BCUT2D eigenvalue weighted by Gasteiger charge is -2.21. The summed E-state index contributed by atoms with van der Waals surface area (Å²) < 4.78 is 5.75. The van der Waals surface area contributed by atoms with Crippen LogP contribution in [0.1, 0.15) is 64.9 Å². The molecule has 0 N–H and O–H groups in total. The third-order valence-corrected chi connectivity index (χ3v) is 5.87. The molecule has 2 aromatic carbocycles. The Kier molecular flexibility index (Phi) is 8.70. The van der Waals surface area contributed by atoms with Gasteiger partial charge < -0.3 is 9.64 Å². The topological polar surface area (TPSA) is 49.9 Å². The van der Waals surface area contributed by atoms with Gasteiger partial charge in [-0.3, -0.25) is 14.5 Å². The van der Waals surface area contributed by atoms with Crippen LogP contribution in [0.25, 0.3) is 5.57 Å². The molecule has 0 spiro atoms. The highest BCUT2D eigenvalue weighted by molar-refractivity contribution is 6.36. The van der Waals surface area contributed by atoms with Crippen LogP contribution < -0.4 is 9.64 Å². The number of para-hydroxylation sites is 1. The molecule has 0 unspecified atom stereocenters. The Labute approximate surface area is 198 Å². The minimum Gasteiger partial charge on any atom is -0.491 e. The van der Waals surface area contributed by atoms with Crippen molar-refractivity contribution < 1.29 is 14.3 Å². The lowest BCUT2D eigenvalue weighted by atomic mass is 10.0. The van der Waals surface area contributed by atoms with Crippen molar-refractivity contribution in [2.45, 2.75) is 65.4 Å². The fourth-order valence-corrected chi connectivity index (χ4v) is 4.14. The molecule has 2 amide bonds. The summed E-state index contributed by atoms with van der Waals surface area (Å²) in [7, 11) is 1.85. The summed E-state index contributed by atoms with van der Waals surface area (Å²) in [4.78, 5) is 30.2. The molecule has 0 fully saturated rings. The van der Waals surface area contributed by atoms with Crippen LogP contribution in [0.2, 0.25) is 0 Å². The van der Waals surface area contributed by atoms with Crippen LogP contribution in [0.5, 0.6) is 5.75 Å². The molecule has 0 radical (unpaired) electrons. The monoisotopic (exact) mass is 448 g/mol. The molecule has 1 aliphatic heterocycles. The summed E-state index contributed by atoms with van der Waals surface area (Å²) in [6, 6.07) is 17.1. The number of hydrogen-bond acceptors (Lipinski definition) is 4. The second kappa shape index (κ2) is 11.7. The molecule has 2 aromatic rings. The van der Waals surface area contributed by atoms with Crippen LogP contribution in [-0.2, 0) is 9.59 Å². The Morgan fingerprint density at radius 2 is 1.48 bits per heavy atom. The number of amides is 2. The molecule has 0 atom stereocenters.